The minimum Gasteiger partial charge on any atom is -0.454 e. The molecule has 0 bridgehead atoms. The molecule has 0 spiro atoms. The molecule has 24 heavy (non-hydrogen) atoms. The summed E-state index contributed by atoms with van der Waals surface area (Å²) < 4.78 is 5.19. The molecule has 2 aromatic rings. The number of rotatable bonds is 5. The first-order valence-electron chi connectivity index (χ1n) is 8.00. The Bertz CT molecular complexity index is 773. The molecule has 0 radical (unpaired) electrons. The lowest BCUT2D eigenvalue weighted by atomic mass is 9.90. The van der Waals surface area contributed by atoms with E-state index in [1.165, 1.54) is 29.3 Å². The van der Waals surface area contributed by atoms with Crippen LogP contribution in [-0.2, 0) is 17.6 Å². The van der Waals surface area contributed by atoms with Crippen LogP contribution in [0.25, 0.3) is 0 Å². The van der Waals surface area contributed by atoms with Crippen molar-refractivity contribution in [2.75, 3.05) is 12.9 Å². The van der Waals surface area contributed by atoms with Crippen LogP contribution in [0.4, 0.5) is 0 Å². The van der Waals surface area contributed by atoms with Crippen LogP contribution in [0.2, 0.25) is 0 Å². The molecule has 0 aliphatic heterocycles. The van der Waals surface area contributed by atoms with Crippen molar-refractivity contribution in [3.05, 3.63) is 58.8 Å². The van der Waals surface area contributed by atoms with Crippen LogP contribution in [0.15, 0.2) is 41.6 Å². The molecule has 5 heteroatoms. The van der Waals surface area contributed by atoms with Gasteiger partial charge in [-0.25, -0.2) is 9.78 Å². The summed E-state index contributed by atoms with van der Waals surface area (Å²) in [6.07, 6.45) is 7.94. The Morgan fingerprint density at radius 2 is 1.96 bits per heavy atom. The molecule has 0 N–H and O–H groups in total. The van der Waals surface area contributed by atoms with E-state index in [-0.39, 0.29) is 12.4 Å². The second-order valence-electron chi connectivity index (χ2n) is 5.75. The van der Waals surface area contributed by atoms with E-state index in [9.17, 15) is 9.59 Å². The number of thioether (sulfide) groups is 1. The van der Waals surface area contributed by atoms with E-state index in [4.69, 9.17) is 4.74 Å². The lowest BCUT2D eigenvalue weighted by molar-refractivity contribution is 0.0470. The second kappa shape index (κ2) is 7.62. The van der Waals surface area contributed by atoms with Crippen molar-refractivity contribution >= 4 is 23.5 Å². The number of Topliss-reactive ketones (excluding diaryl/α,β-unsaturated/α-hetero) is 1. The lowest BCUT2D eigenvalue weighted by Gasteiger charge is -2.16. The standard InChI is InChI=1S/C19H19NO3S/c1-24-18-16(7-4-10-20-18)19(22)23-12-17(21)15-9-8-13-5-2-3-6-14(13)11-15/h4,7-11H,2-3,5-6,12H2,1H3. The van der Waals surface area contributed by atoms with Gasteiger partial charge < -0.3 is 4.74 Å². The maximum atomic E-state index is 12.3. The van der Waals surface area contributed by atoms with Crippen LogP contribution in [0, 0.1) is 0 Å². The highest BCUT2D eigenvalue weighted by atomic mass is 32.2. The van der Waals surface area contributed by atoms with Gasteiger partial charge in [-0.15, -0.1) is 11.8 Å². The Hall–Kier alpha value is -2.14. The number of ether oxygens (including phenoxy) is 1. The van der Waals surface area contributed by atoms with Crippen LogP contribution >= 0.6 is 11.8 Å². The fourth-order valence-corrected chi connectivity index (χ4v) is 3.45. The summed E-state index contributed by atoms with van der Waals surface area (Å²) in [5.74, 6) is -0.690. The first-order chi connectivity index (χ1) is 11.7. The molecule has 0 saturated heterocycles. The minimum absolute atomic E-state index is 0.175. The summed E-state index contributed by atoms with van der Waals surface area (Å²) in [6.45, 7) is -0.250. The molecule has 0 atom stereocenters. The van der Waals surface area contributed by atoms with E-state index >= 15 is 0 Å². The number of aryl methyl sites for hydroxylation is 2. The summed E-state index contributed by atoms with van der Waals surface area (Å²) in [5, 5.41) is 0.601. The number of benzene rings is 1. The fourth-order valence-electron chi connectivity index (χ4n) is 2.91. The van der Waals surface area contributed by atoms with Crippen molar-refractivity contribution in [1.29, 1.82) is 0 Å². The van der Waals surface area contributed by atoms with Gasteiger partial charge in [-0.3, -0.25) is 4.79 Å². The number of aromatic nitrogens is 1. The summed E-state index contributed by atoms with van der Waals surface area (Å²) in [7, 11) is 0. The number of hydrogen-bond acceptors (Lipinski definition) is 5. The Balaban J connectivity index is 1.66. The number of ketones is 1. The number of hydrogen-bond donors (Lipinski definition) is 0. The normalized spacial score (nSPS) is 13.2. The maximum Gasteiger partial charge on any atom is 0.341 e. The SMILES string of the molecule is CSc1ncccc1C(=O)OCC(=O)c1ccc2c(c1)CCCC2. The molecule has 3 rings (SSSR count). The zero-order valence-corrected chi connectivity index (χ0v) is 14.4. The van der Waals surface area contributed by atoms with Crippen molar-refractivity contribution in [3.63, 3.8) is 0 Å². The Labute approximate surface area is 145 Å². The lowest BCUT2D eigenvalue weighted by Crippen LogP contribution is -2.16. The average molecular weight is 341 g/mol. The smallest absolute Gasteiger partial charge is 0.341 e. The molecular weight excluding hydrogens is 322 g/mol. The van der Waals surface area contributed by atoms with E-state index in [0.29, 0.717) is 16.2 Å². The van der Waals surface area contributed by atoms with Crippen LogP contribution < -0.4 is 0 Å². The molecular formula is C19H19NO3S. The molecule has 1 aliphatic carbocycles. The minimum atomic E-state index is -0.515. The van der Waals surface area contributed by atoms with Gasteiger partial charge in [0.25, 0.3) is 0 Å². The zero-order valence-electron chi connectivity index (χ0n) is 13.6. The van der Waals surface area contributed by atoms with Gasteiger partial charge in [0.05, 0.1) is 5.56 Å². The van der Waals surface area contributed by atoms with Crippen LogP contribution in [0.5, 0.6) is 0 Å². The van der Waals surface area contributed by atoms with E-state index < -0.39 is 5.97 Å². The van der Waals surface area contributed by atoms with Crippen molar-refractivity contribution < 1.29 is 14.3 Å². The summed E-state index contributed by atoms with van der Waals surface area (Å²) in [6, 6.07) is 9.14. The number of nitrogens with zero attached hydrogens (tertiary/aromatic N) is 1. The summed E-state index contributed by atoms with van der Waals surface area (Å²) in [4.78, 5) is 28.6. The molecule has 1 heterocycles. The first kappa shape index (κ1) is 16.7. The highest BCUT2D eigenvalue weighted by Gasteiger charge is 2.17. The van der Waals surface area contributed by atoms with Gasteiger partial charge in [0.2, 0.25) is 0 Å². The van der Waals surface area contributed by atoms with Gasteiger partial charge in [-0.1, -0.05) is 12.1 Å². The van der Waals surface area contributed by atoms with Crippen molar-refractivity contribution in [2.24, 2.45) is 0 Å². The highest BCUT2D eigenvalue weighted by molar-refractivity contribution is 7.98. The van der Waals surface area contributed by atoms with E-state index in [1.807, 2.05) is 24.5 Å². The van der Waals surface area contributed by atoms with Crippen molar-refractivity contribution in [1.82, 2.24) is 4.98 Å². The summed E-state index contributed by atoms with van der Waals surface area (Å²) in [5.41, 5.74) is 3.58. The molecule has 0 unspecified atom stereocenters. The van der Waals surface area contributed by atoms with Gasteiger partial charge in [0, 0.05) is 11.8 Å². The number of carbonyl (C=O) groups excluding carboxylic acids is 2. The van der Waals surface area contributed by atoms with Crippen molar-refractivity contribution in [3.8, 4) is 0 Å². The predicted molar refractivity (Wildman–Crippen MR) is 93.7 cm³/mol. The van der Waals surface area contributed by atoms with Crippen LogP contribution in [-0.4, -0.2) is 29.6 Å². The highest BCUT2D eigenvalue weighted by Crippen LogP contribution is 2.22. The number of pyridine rings is 1. The third-order valence-corrected chi connectivity index (χ3v) is 4.90. The average Bonchev–Trinajstić information content (AvgIpc) is 2.65. The number of esters is 1. The van der Waals surface area contributed by atoms with Crippen LogP contribution in [0.3, 0.4) is 0 Å². The van der Waals surface area contributed by atoms with Crippen LogP contribution in [0.1, 0.15) is 44.7 Å². The van der Waals surface area contributed by atoms with Crippen molar-refractivity contribution in [2.45, 2.75) is 30.7 Å². The quantitative estimate of drug-likeness (QED) is 0.471. The van der Waals surface area contributed by atoms with E-state index in [1.54, 1.807) is 18.3 Å². The molecule has 0 amide bonds. The Morgan fingerprint density at radius 3 is 2.75 bits per heavy atom. The van der Waals surface area contributed by atoms with Gasteiger partial charge in [0.1, 0.15) is 5.03 Å². The molecule has 124 valence electrons. The predicted octanol–water partition coefficient (Wildman–Crippen LogP) is 3.72. The Morgan fingerprint density at radius 1 is 1.17 bits per heavy atom. The zero-order chi connectivity index (χ0) is 16.9. The van der Waals surface area contributed by atoms with E-state index in [2.05, 4.69) is 4.98 Å². The maximum absolute atomic E-state index is 12.3. The summed E-state index contributed by atoms with van der Waals surface area (Å²) >= 11 is 1.37. The third-order valence-electron chi connectivity index (χ3n) is 4.19. The molecule has 0 fully saturated rings. The fraction of sp³-hybridized carbons (Fsp3) is 0.316. The molecule has 0 saturated carbocycles. The second-order valence-corrected chi connectivity index (χ2v) is 6.55. The van der Waals surface area contributed by atoms with Gasteiger partial charge in [-0.2, -0.15) is 0 Å². The Kier molecular flexibility index (Phi) is 5.30. The largest absolute Gasteiger partial charge is 0.454 e. The molecule has 1 aromatic heterocycles. The first-order valence-corrected chi connectivity index (χ1v) is 9.22. The van der Waals surface area contributed by atoms with E-state index in [0.717, 1.165) is 19.3 Å². The number of fused-ring (bicyclic) bond motifs is 1. The third kappa shape index (κ3) is 3.67. The molecule has 1 aliphatic rings. The number of carbonyl (C=O) groups is 2. The molecule has 4 nitrogen and oxygen atoms in total. The van der Waals surface area contributed by atoms with Gasteiger partial charge in [-0.05, 0) is 61.3 Å². The monoisotopic (exact) mass is 341 g/mol. The van der Waals surface area contributed by atoms with Gasteiger partial charge >= 0.3 is 5.97 Å². The molecule has 1 aromatic carbocycles. The topological polar surface area (TPSA) is 56.3 Å². The van der Waals surface area contributed by atoms with Gasteiger partial charge in [0.15, 0.2) is 12.4 Å².